The van der Waals surface area contributed by atoms with Crippen molar-refractivity contribution in [1.82, 2.24) is 15.4 Å². The molecule has 2 heterocycles. The van der Waals surface area contributed by atoms with Gasteiger partial charge in [0, 0.05) is 34.1 Å². The van der Waals surface area contributed by atoms with E-state index in [1.54, 1.807) is 42.5 Å². The van der Waals surface area contributed by atoms with Crippen LogP contribution in [-0.2, 0) is 4.84 Å². The highest BCUT2D eigenvalue weighted by atomic mass is 16.6. The Morgan fingerprint density at radius 1 is 1.03 bits per heavy atom. The van der Waals surface area contributed by atoms with E-state index in [0.717, 1.165) is 36.9 Å². The lowest BCUT2D eigenvalue weighted by Crippen LogP contribution is -2.30. The molecule has 0 bridgehead atoms. The van der Waals surface area contributed by atoms with Gasteiger partial charge in [0.05, 0.1) is 23.6 Å². The van der Waals surface area contributed by atoms with Crippen LogP contribution in [0.4, 0.5) is 5.69 Å². The molecular weight excluding hydrogens is 468 g/mol. The molecule has 37 heavy (non-hydrogen) atoms. The molecule has 8 nitrogen and oxygen atoms in total. The lowest BCUT2D eigenvalue weighted by atomic mass is 10.00. The minimum absolute atomic E-state index is 0.0391. The summed E-state index contributed by atoms with van der Waals surface area (Å²) in [6, 6.07) is 21.6. The molecule has 0 saturated carbocycles. The van der Waals surface area contributed by atoms with Crippen LogP contribution in [0.25, 0.3) is 10.9 Å². The zero-order chi connectivity index (χ0) is 25.6. The Kier molecular flexibility index (Phi) is 7.39. The van der Waals surface area contributed by atoms with E-state index in [1.165, 1.54) is 12.8 Å². The van der Waals surface area contributed by atoms with Gasteiger partial charge in [-0.15, -0.1) is 0 Å². The number of carbonyl (C=O) groups is 2. The zero-order valence-electron chi connectivity index (χ0n) is 20.3. The van der Waals surface area contributed by atoms with E-state index in [0.29, 0.717) is 40.2 Å². The van der Waals surface area contributed by atoms with E-state index in [-0.39, 0.29) is 11.8 Å². The van der Waals surface area contributed by atoms with Gasteiger partial charge in [-0.1, -0.05) is 42.5 Å². The fourth-order valence-corrected chi connectivity index (χ4v) is 4.55. The molecule has 1 aliphatic rings. The van der Waals surface area contributed by atoms with Gasteiger partial charge >= 0.3 is 0 Å². The summed E-state index contributed by atoms with van der Waals surface area (Å²) >= 11 is 0. The zero-order valence-corrected chi connectivity index (χ0v) is 20.3. The minimum atomic E-state index is -0.319. The molecule has 5 rings (SSSR count). The number of aromatic hydroxyl groups is 1. The maximum atomic E-state index is 12.5. The second-order valence-corrected chi connectivity index (χ2v) is 8.97. The molecule has 3 N–H and O–H groups in total. The highest BCUT2D eigenvalue weighted by Crippen LogP contribution is 2.32. The molecule has 188 valence electrons. The van der Waals surface area contributed by atoms with Crippen LogP contribution < -0.4 is 5.48 Å². The summed E-state index contributed by atoms with van der Waals surface area (Å²) in [7, 11) is 0. The Hall–Kier alpha value is -4.27. The van der Waals surface area contributed by atoms with Crippen molar-refractivity contribution >= 4 is 34.5 Å². The van der Waals surface area contributed by atoms with Crippen LogP contribution in [0.15, 0.2) is 77.8 Å². The first kappa shape index (κ1) is 24.4. The molecule has 1 aliphatic heterocycles. The van der Waals surface area contributed by atoms with Gasteiger partial charge in [0.1, 0.15) is 6.29 Å². The van der Waals surface area contributed by atoms with Crippen molar-refractivity contribution in [3.05, 3.63) is 95.1 Å². The second-order valence-electron chi connectivity index (χ2n) is 8.97. The van der Waals surface area contributed by atoms with Crippen LogP contribution >= 0.6 is 0 Å². The lowest BCUT2D eigenvalue weighted by Gasteiger charge is -2.14. The van der Waals surface area contributed by atoms with Gasteiger partial charge in [-0.05, 0) is 56.3 Å². The lowest BCUT2D eigenvalue weighted by molar-refractivity contribution is 0.0244. The fraction of sp³-hybridized carbons (Fsp3) is 0.207. The predicted octanol–water partition coefficient (Wildman–Crippen LogP) is 4.61. The van der Waals surface area contributed by atoms with Gasteiger partial charge in [0.25, 0.3) is 5.91 Å². The first-order valence-electron chi connectivity index (χ1n) is 12.3. The highest BCUT2D eigenvalue weighted by Gasteiger charge is 2.19. The highest BCUT2D eigenvalue weighted by molar-refractivity contribution is 6.22. The third-order valence-corrected chi connectivity index (χ3v) is 6.47. The molecule has 1 saturated heterocycles. The summed E-state index contributed by atoms with van der Waals surface area (Å²) in [4.78, 5) is 39.2. The SMILES string of the molecule is O=Cc1ccc2c(C(=Nc3ccc(C(=O)NOCCN4CCCC4)cc3)c3ccccc3)c(O)[nH]c2c1. The van der Waals surface area contributed by atoms with Crippen LogP contribution in [0, 0.1) is 0 Å². The summed E-state index contributed by atoms with van der Waals surface area (Å²) in [5.74, 6) is -0.358. The Balaban J connectivity index is 1.38. The average molecular weight is 497 g/mol. The van der Waals surface area contributed by atoms with Crippen molar-refractivity contribution in [1.29, 1.82) is 0 Å². The number of hydrogen-bond acceptors (Lipinski definition) is 6. The molecule has 4 aromatic rings. The van der Waals surface area contributed by atoms with Gasteiger partial charge in [0.2, 0.25) is 0 Å². The topological polar surface area (TPSA) is 107 Å². The first-order valence-corrected chi connectivity index (χ1v) is 12.3. The van der Waals surface area contributed by atoms with Crippen molar-refractivity contribution in [2.75, 3.05) is 26.2 Å². The van der Waals surface area contributed by atoms with E-state index in [4.69, 9.17) is 9.83 Å². The molecule has 1 amide bonds. The number of aromatic nitrogens is 1. The Labute approximate surface area is 214 Å². The number of nitrogens with one attached hydrogen (secondary N) is 2. The number of hydrogen-bond donors (Lipinski definition) is 3. The average Bonchev–Trinajstić information content (AvgIpc) is 3.57. The quantitative estimate of drug-likeness (QED) is 0.136. The molecular formula is C29H28N4O4. The molecule has 0 spiro atoms. The van der Waals surface area contributed by atoms with Gasteiger partial charge in [-0.3, -0.25) is 14.4 Å². The molecule has 3 aromatic carbocycles. The van der Waals surface area contributed by atoms with Gasteiger partial charge < -0.3 is 15.0 Å². The van der Waals surface area contributed by atoms with E-state index >= 15 is 0 Å². The summed E-state index contributed by atoms with van der Waals surface area (Å²) in [5.41, 5.74) is 6.63. The number of benzene rings is 3. The summed E-state index contributed by atoms with van der Waals surface area (Å²) in [5, 5.41) is 11.5. The van der Waals surface area contributed by atoms with E-state index in [9.17, 15) is 14.7 Å². The second kappa shape index (κ2) is 11.2. The van der Waals surface area contributed by atoms with Crippen molar-refractivity contribution in [2.45, 2.75) is 12.8 Å². The van der Waals surface area contributed by atoms with E-state index < -0.39 is 0 Å². The van der Waals surface area contributed by atoms with Gasteiger partial charge in [-0.25, -0.2) is 10.5 Å². The largest absolute Gasteiger partial charge is 0.494 e. The molecule has 1 fully saturated rings. The number of amides is 1. The number of likely N-dealkylation sites (tertiary alicyclic amines) is 1. The van der Waals surface area contributed by atoms with Crippen LogP contribution in [-0.4, -0.2) is 59.1 Å². The van der Waals surface area contributed by atoms with Crippen molar-refractivity contribution < 1.29 is 19.5 Å². The first-order chi connectivity index (χ1) is 18.1. The Morgan fingerprint density at radius 2 is 1.78 bits per heavy atom. The van der Waals surface area contributed by atoms with Gasteiger partial charge in [0.15, 0.2) is 5.88 Å². The van der Waals surface area contributed by atoms with Crippen LogP contribution in [0.5, 0.6) is 5.88 Å². The third-order valence-electron chi connectivity index (χ3n) is 6.47. The molecule has 8 heteroatoms. The maximum absolute atomic E-state index is 12.5. The summed E-state index contributed by atoms with van der Waals surface area (Å²) < 4.78 is 0. The number of aromatic amines is 1. The molecule has 0 aliphatic carbocycles. The predicted molar refractivity (Wildman–Crippen MR) is 143 cm³/mol. The molecule has 0 radical (unpaired) electrons. The van der Waals surface area contributed by atoms with E-state index in [2.05, 4.69) is 15.4 Å². The maximum Gasteiger partial charge on any atom is 0.274 e. The number of aliphatic imine (C=N–C) groups is 1. The minimum Gasteiger partial charge on any atom is -0.494 e. The standard InChI is InChI=1S/C29H28N4O4/c34-19-20-8-13-24-25(18-20)31-29(36)26(24)27(21-6-2-1-3-7-21)30-23-11-9-22(10-12-23)28(35)32-37-17-16-33-14-4-5-15-33/h1-3,6-13,18-19,31,36H,4-5,14-17H2,(H,32,35). The summed E-state index contributed by atoms with van der Waals surface area (Å²) in [6.45, 7) is 3.41. The number of hydroxylamine groups is 1. The van der Waals surface area contributed by atoms with Gasteiger partial charge in [-0.2, -0.15) is 0 Å². The molecule has 0 atom stereocenters. The Bertz CT molecular complexity index is 1420. The summed E-state index contributed by atoms with van der Waals surface area (Å²) in [6.07, 6.45) is 3.20. The number of aldehydes is 1. The normalized spacial score (nSPS) is 14.2. The Morgan fingerprint density at radius 3 is 2.51 bits per heavy atom. The number of carbonyl (C=O) groups excluding carboxylic acids is 2. The molecule has 1 aromatic heterocycles. The number of H-pyrrole nitrogens is 1. The van der Waals surface area contributed by atoms with Crippen molar-refractivity contribution in [3.63, 3.8) is 0 Å². The monoisotopic (exact) mass is 496 g/mol. The van der Waals surface area contributed by atoms with Crippen molar-refractivity contribution in [2.24, 2.45) is 4.99 Å². The smallest absolute Gasteiger partial charge is 0.274 e. The van der Waals surface area contributed by atoms with E-state index in [1.807, 2.05) is 30.3 Å². The van der Waals surface area contributed by atoms with Crippen molar-refractivity contribution in [3.8, 4) is 5.88 Å². The number of nitrogens with zero attached hydrogens (tertiary/aromatic N) is 2. The fourth-order valence-electron chi connectivity index (χ4n) is 4.55. The van der Waals surface area contributed by atoms with Crippen LogP contribution in [0.3, 0.4) is 0 Å². The number of fused-ring (bicyclic) bond motifs is 1. The molecule has 0 unspecified atom stereocenters. The van der Waals surface area contributed by atoms with Crippen LogP contribution in [0.1, 0.15) is 44.7 Å². The number of rotatable bonds is 9. The third kappa shape index (κ3) is 5.61. The van der Waals surface area contributed by atoms with Crippen LogP contribution in [0.2, 0.25) is 0 Å².